The van der Waals surface area contributed by atoms with Gasteiger partial charge in [-0.15, -0.1) is 0 Å². The van der Waals surface area contributed by atoms with Crippen LogP contribution in [0.1, 0.15) is 18.1 Å². The number of anilines is 1. The molecule has 156 valence electrons. The second kappa shape index (κ2) is 8.96. The van der Waals surface area contributed by atoms with Crippen molar-refractivity contribution in [1.29, 1.82) is 0 Å². The van der Waals surface area contributed by atoms with Crippen LogP contribution in [0.2, 0.25) is 0 Å². The van der Waals surface area contributed by atoms with Crippen LogP contribution in [-0.4, -0.2) is 47.8 Å². The number of esters is 1. The Bertz CT molecular complexity index is 1020. The molecule has 0 atom stereocenters. The van der Waals surface area contributed by atoms with Gasteiger partial charge in [-0.25, -0.2) is 0 Å². The first-order valence-electron chi connectivity index (χ1n) is 9.30. The first kappa shape index (κ1) is 21.3. The highest BCUT2D eigenvalue weighted by Gasteiger charge is 2.40. The molecule has 1 N–H and O–H groups in total. The number of benzene rings is 2. The maximum absolute atomic E-state index is 13.3. The summed E-state index contributed by atoms with van der Waals surface area (Å²) >= 11 is 5.53. The summed E-state index contributed by atoms with van der Waals surface area (Å²) in [5.41, 5.74) is 2.57. The van der Waals surface area contributed by atoms with Crippen LogP contribution in [0.4, 0.5) is 5.69 Å². The van der Waals surface area contributed by atoms with Crippen molar-refractivity contribution in [2.75, 3.05) is 25.7 Å². The van der Waals surface area contributed by atoms with E-state index in [1.54, 1.807) is 18.2 Å². The van der Waals surface area contributed by atoms with Crippen molar-refractivity contribution in [3.63, 3.8) is 0 Å². The molecule has 0 aliphatic carbocycles. The van der Waals surface area contributed by atoms with Crippen molar-refractivity contribution in [1.82, 2.24) is 4.90 Å². The molecule has 0 radical (unpaired) electrons. The predicted octanol–water partition coefficient (Wildman–Crippen LogP) is 3.11. The maximum Gasteiger partial charge on any atom is 0.325 e. The van der Waals surface area contributed by atoms with Crippen LogP contribution in [0, 0.1) is 0 Å². The van der Waals surface area contributed by atoms with E-state index in [4.69, 9.17) is 21.7 Å². The van der Waals surface area contributed by atoms with Gasteiger partial charge in [-0.1, -0.05) is 25.1 Å². The molecule has 1 heterocycles. The maximum atomic E-state index is 13.3. The van der Waals surface area contributed by atoms with Crippen LogP contribution < -0.4 is 9.64 Å². The Balaban J connectivity index is 2.04. The van der Waals surface area contributed by atoms with Gasteiger partial charge >= 0.3 is 5.97 Å². The van der Waals surface area contributed by atoms with Gasteiger partial charge in [0.15, 0.2) is 16.6 Å². The Kier molecular flexibility index (Phi) is 6.37. The van der Waals surface area contributed by atoms with Crippen LogP contribution in [0.15, 0.2) is 48.2 Å². The number of hydrogen-bond donors (Lipinski definition) is 1. The molecule has 1 saturated heterocycles. The molecule has 30 heavy (non-hydrogen) atoms. The Morgan fingerprint density at radius 1 is 1.17 bits per heavy atom. The van der Waals surface area contributed by atoms with Crippen LogP contribution in [-0.2, 0) is 20.7 Å². The molecule has 1 aliphatic heterocycles. The lowest BCUT2D eigenvalue weighted by atomic mass is 10.1. The van der Waals surface area contributed by atoms with Crippen LogP contribution in [0.25, 0.3) is 6.08 Å². The van der Waals surface area contributed by atoms with Gasteiger partial charge in [0.25, 0.3) is 5.91 Å². The van der Waals surface area contributed by atoms with E-state index in [9.17, 15) is 14.7 Å². The summed E-state index contributed by atoms with van der Waals surface area (Å²) in [5, 5.41) is 10.00. The Morgan fingerprint density at radius 2 is 1.87 bits per heavy atom. The number of aryl methyl sites for hydroxylation is 1. The number of carbonyl (C=O) groups is 2. The zero-order valence-electron chi connectivity index (χ0n) is 16.9. The molecule has 0 saturated carbocycles. The Hall–Kier alpha value is -3.39. The van der Waals surface area contributed by atoms with Gasteiger partial charge in [-0.3, -0.25) is 14.5 Å². The molecule has 0 spiro atoms. The fraction of sp³-hybridized carbons (Fsp3) is 0.227. The fourth-order valence-electron chi connectivity index (χ4n) is 3.08. The van der Waals surface area contributed by atoms with Crippen LogP contribution in [0.3, 0.4) is 0 Å². The van der Waals surface area contributed by atoms with Crippen LogP contribution >= 0.6 is 12.2 Å². The highest BCUT2D eigenvalue weighted by molar-refractivity contribution is 7.80. The summed E-state index contributed by atoms with van der Waals surface area (Å²) in [6.07, 6.45) is 2.47. The number of thiocarbonyl (C=S) groups is 1. The van der Waals surface area contributed by atoms with Gasteiger partial charge in [-0.05, 0) is 60.1 Å². The highest BCUT2D eigenvalue weighted by atomic mass is 32.1. The van der Waals surface area contributed by atoms with Gasteiger partial charge in [0, 0.05) is 0 Å². The molecule has 0 aromatic heterocycles. The number of phenols is 1. The molecule has 0 unspecified atom stereocenters. The lowest BCUT2D eigenvalue weighted by Crippen LogP contribution is -2.35. The average molecular weight is 426 g/mol. The van der Waals surface area contributed by atoms with E-state index >= 15 is 0 Å². The number of amides is 1. The molecule has 1 aliphatic rings. The van der Waals surface area contributed by atoms with E-state index in [2.05, 4.69) is 0 Å². The van der Waals surface area contributed by atoms with Crippen LogP contribution in [0.5, 0.6) is 11.5 Å². The zero-order valence-corrected chi connectivity index (χ0v) is 17.7. The lowest BCUT2D eigenvalue weighted by molar-refractivity contribution is -0.140. The van der Waals surface area contributed by atoms with E-state index in [-0.39, 0.29) is 34.8 Å². The number of aromatic hydroxyl groups is 1. The number of carbonyl (C=O) groups excluding carboxylic acids is 2. The molecule has 3 rings (SSSR count). The molecular formula is C22H22N2O5S. The standard InChI is InChI=1S/C22H22N2O5S/c1-4-14-5-8-16(9-6-14)24-21(27)17(23(22(24)30)13-20(26)29-3)11-15-7-10-18(25)19(12-15)28-2/h5-12,25H,4,13H2,1-3H3/b17-11-. The first-order chi connectivity index (χ1) is 14.4. The molecule has 8 heteroatoms. The SMILES string of the molecule is CCc1ccc(N2C(=O)/C(=C/c3ccc(O)c(OC)c3)N(CC(=O)OC)C2=S)cc1. The van der Waals surface area contributed by atoms with Crippen molar-refractivity contribution in [2.45, 2.75) is 13.3 Å². The van der Waals surface area contributed by atoms with E-state index in [1.165, 1.54) is 30.1 Å². The molecule has 2 aromatic carbocycles. The summed E-state index contributed by atoms with van der Waals surface area (Å²) < 4.78 is 9.90. The third-order valence-corrected chi connectivity index (χ3v) is 5.16. The van der Waals surface area contributed by atoms with Crippen molar-refractivity contribution < 1.29 is 24.2 Å². The molecule has 1 fully saturated rings. The minimum Gasteiger partial charge on any atom is -0.504 e. The lowest BCUT2D eigenvalue weighted by Gasteiger charge is -2.19. The molecular weight excluding hydrogens is 404 g/mol. The predicted molar refractivity (Wildman–Crippen MR) is 117 cm³/mol. The van der Waals surface area contributed by atoms with Gasteiger partial charge in [-0.2, -0.15) is 0 Å². The van der Waals surface area contributed by atoms with E-state index in [0.29, 0.717) is 11.3 Å². The summed E-state index contributed by atoms with van der Waals surface area (Å²) in [6, 6.07) is 12.2. The normalized spacial score (nSPS) is 15.1. The summed E-state index contributed by atoms with van der Waals surface area (Å²) in [4.78, 5) is 28.1. The van der Waals surface area contributed by atoms with Crippen molar-refractivity contribution in [3.8, 4) is 11.5 Å². The molecule has 7 nitrogen and oxygen atoms in total. The topological polar surface area (TPSA) is 79.3 Å². The summed E-state index contributed by atoms with van der Waals surface area (Å²) in [5.74, 6) is -0.636. The Labute approximate surface area is 180 Å². The second-order valence-electron chi connectivity index (χ2n) is 6.57. The van der Waals surface area contributed by atoms with Gasteiger partial charge in [0.05, 0.1) is 19.9 Å². The minimum atomic E-state index is -0.525. The smallest absolute Gasteiger partial charge is 0.325 e. The largest absolute Gasteiger partial charge is 0.504 e. The summed E-state index contributed by atoms with van der Waals surface area (Å²) in [6.45, 7) is 1.84. The number of phenolic OH excluding ortho intramolecular Hbond substituents is 1. The van der Waals surface area contributed by atoms with E-state index < -0.39 is 5.97 Å². The van der Waals surface area contributed by atoms with E-state index in [0.717, 1.165) is 12.0 Å². The number of methoxy groups -OCH3 is 2. The van der Waals surface area contributed by atoms with Crippen molar-refractivity contribution >= 4 is 41.0 Å². The second-order valence-corrected chi connectivity index (χ2v) is 6.93. The number of hydrogen-bond acceptors (Lipinski definition) is 6. The zero-order chi connectivity index (χ0) is 21.8. The Morgan fingerprint density at radius 3 is 2.47 bits per heavy atom. The fourth-order valence-corrected chi connectivity index (χ4v) is 3.43. The number of nitrogens with zero attached hydrogens (tertiary/aromatic N) is 2. The minimum absolute atomic E-state index is 0.0167. The molecule has 1 amide bonds. The van der Waals surface area contributed by atoms with Crippen molar-refractivity contribution in [3.05, 3.63) is 59.3 Å². The van der Waals surface area contributed by atoms with E-state index in [1.807, 2.05) is 31.2 Å². The third-order valence-electron chi connectivity index (χ3n) is 4.76. The van der Waals surface area contributed by atoms with Gasteiger partial charge in [0.1, 0.15) is 12.2 Å². The molecule has 2 aromatic rings. The third kappa shape index (κ3) is 4.13. The monoisotopic (exact) mass is 426 g/mol. The number of rotatable bonds is 6. The van der Waals surface area contributed by atoms with Gasteiger partial charge < -0.3 is 19.5 Å². The average Bonchev–Trinajstić information content (AvgIpc) is 2.98. The quantitative estimate of drug-likeness (QED) is 0.432. The first-order valence-corrected chi connectivity index (χ1v) is 9.70. The van der Waals surface area contributed by atoms with Crippen molar-refractivity contribution in [2.24, 2.45) is 0 Å². The highest BCUT2D eigenvalue weighted by Crippen LogP contribution is 2.32. The summed E-state index contributed by atoms with van der Waals surface area (Å²) in [7, 11) is 2.71. The van der Waals surface area contributed by atoms with Gasteiger partial charge in [0.2, 0.25) is 0 Å². The number of ether oxygens (including phenoxy) is 2. The molecule has 0 bridgehead atoms.